The molecule has 1 aliphatic carbocycles. The summed E-state index contributed by atoms with van der Waals surface area (Å²) in [5.41, 5.74) is 0.755. The van der Waals surface area contributed by atoms with Crippen LogP contribution in [0.2, 0.25) is 0 Å². The summed E-state index contributed by atoms with van der Waals surface area (Å²) in [7, 11) is -3.12. The summed E-state index contributed by atoms with van der Waals surface area (Å²) in [5, 5.41) is 10.3. The van der Waals surface area contributed by atoms with Crippen LogP contribution in [-0.4, -0.2) is 57.4 Å². The number of rotatable bonds is 11. The lowest BCUT2D eigenvalue weighted by Gasteiger charge is -2.14. The minimum Gasteiger partial charge on any atom is -0.358 e. The highest BCUT2D eigenvalue weighted by molar-refractivity contribution is 7.90. The molecule has 1 aromatic carbocycles. The van der Waals surface area contributed by atoms with Crippen LogP contribution in [0.1, 0.15) is 48.2 Å². The molecule has 1 N–H and O–H groups in total. The topological polar surface area (TPSA) is 133 Å². The number of aromatic nitrogens is 5. The van der Waals surface area contributed by atoms with Gasteiger partial charge in [0.15, 0.2) is 11.6 Å². The van der Waals surface area contributed by atoms with Gasteiger partial charge in [-0.15, -0.1) is 0 Å². The minimum absolute atomic E-state index is 0.0170. The van der Waals surface area contributed by atoms with Crippen LogP contribution in [0.5, 0.6) is 0 Å². The van der Waals surface area contributed by atoms with Crippen molar-refractivity contribution < 1.29 is 35.3 Å². The number of hydrogen-bond donors (Lipinski definition) is 1. The van der Waals surface area contributed by atoms with Crippen LogP contribution in [0.25, 0.3) is 11.1 Å². The van der Waals surface area contributed by atoms with Gasteiger partial charge in [0.25, 0.3) is 0 Å². The maximum Gasteiger partial charge on any atom is 0.401 e. The molecule has 15 heteroatoms. The van der Waals surface area contributed by atoms with Gasteiger partial charge in [-0.25, -0.2) is 22.8 Å². The number of carbonyl (C=O) groups excluding carboxylic acids is 1. The number of aryl methyl sites for hydroxylation is 2. The van der Waals surface area contributed by atoms with E-state index in [2.05, 4.69) is 25.5 Å². The first-order chi connectivity index (χ1) is 20.3. The van der Waals surface area contributed by atoms with E-state index in [1.54, 1.807) is 29.3 Å². The molecular weight excluding hydrogens is 592 g/mol. The highest BCUT2D eigenvalue weighted by Gasteiger charge is 2.66. The van der Waals surface area contributed by atoms with E-state index in [0.29, 0.717) is 29.8 Å². The van der Waals surface area contributed by atoms with Crippen LogP contribution in [-0.2, 0) is 45.9 Å². The van der Waals surface area contributed by atoms with Gasteiger partial charge in [-0.05, 0) is 36.5 Å². The van der Waals surface area contributed by atoms with E-state index in [9.17, 15) is 30.8 Å². The quantitative estimate of drug-likeness (QED) is 0.244. The van der Waals surface area contributed by atoms with E-state index in [4.69, 9.17) is 4.52 Å². The molecule has 1 fully saturated rings. The molecule has 0 radical (unpaired) electrons. The highest BCUT2D eigenvalue weighted by atomic mass is 32.2. The minimum atomic E-state index is -4.48. The fourth-order valence-corrected chi connectivity index (χ4v) is 5.19. The van der Waals surface area contributed by atoms with E-state index < -0.39 is 33.2 Å². The normalized spacial score (nSPS) is 14.6. The molecular formula is C28H28F4N6O4S. The van der Waals surface area contributed by atoms with Crippen molar-refractivity contribution in [3.8, 4) is 11.1 Å². The Morgan fingerprint density at radius 2 is 1.84 bits per heavy atom. The van der Waals surface area contributed by atoms with Crippen molar-refractivity contribution in [2.45, 2.75) is 57.2 Å². The maximum atomic E-state index is 14.9. The third-order valence-electron chi connectivity index (χ3n) is 7.28. The third kappa shape index (κ3) is 6.92. The molecule has 10 nitrogen and oxygen atoms in total. The molecule has 3 aromatic heterocycles. The van der Waals surface area contributed by atoms with Gasteiger partial charge in [-0.2, -0.15) is 18.3 Å². The first-order valence-corrected chi connectivity index (χ1v) is 15.5. The second-order valence-electron chi connectivity index (χ2n) is 10.6. The summed E-state index contributed by atoms with van der Waals surface area (Å²) < 4.78 is 84.2. The number of nitrogens with one attached hydrogen (secondary N) is 1. The van der Waals surface area contributed by atoms with Crippen LogP contribution in [0.15, 0.2) is 47.4 Å². The lowest BCUT2D eigenvalue weighted by molar-refractivity contribution is -0.165. The van der Waals surface area contributed by atoms with Crippen molar-refractivity contribution in [1.29, 1.82) is 0 Å². The summed E-state index contributed by atoms with van der Waals surface area (Å²) in [5.74, 6) is -1.35. The lowest BCUT2D eigenvalue weighted by Crippen LogP contribution is -2.28. The highest BCUT2D eigenvalue weighted by Crippen LogP contribution is 2.59. The molecule has 1 aliphatic rings. The largest absolute Gasteiger partial charge is 0.401 e. The van der Waals surface area contributed by atoms with E-state index in [1.165, 1.54) is 18.4 Å². The number of amides is 1. The summed E-state index contributed by atoms with van der Waals surface area (Å²) in [6.45, 7) is 2.20. The smallest absolute Gasteiger partial charge is 0.358 e. The van der Waals surface area contributed by atoms with Crippen LogP contribution in [0, 0.1) is 5.82 Å². The molecule has 4 aromatic rings. The molecule has 5 rings (SSSR count). The van der Waals surface area contributed by atoms with Crippen LogP contribution in [0.3, 0.4) is 0 Å². The molecule has 0 atom stereocenters. The Kier molecular flexibility index (Phi) is 8.11. The van der Waals surface area contributed by atoms with E-state index in [-0.39, 0.29) is 48.7 Å². The summed E-state index contributed by atoms with van der Waals surface area (Å²) >= 11 is 0. The van der Waals surface area contributed by atoms with E-state index in [0.717, 1.165) is 17.3 Å². The Labute approximate surface area is 244 Å². The van der Waals surface area contributed by atoms with Gasteiger partial charge in [0.05, 0.1) is 24.4 Å². The van der Waals surface area contributed by atoms with Gasteiger partial charge >= 0.3 is 6.18 Å². The molecule has 3 heterocycles. The molecule has 1 saturated carbocycles. The van der Waals surface area contributed by atoms with E-state index in [1.807, 2.05) is 6.92 Å². The number of anilines is 1. The van der Waals surface area contributed by atoms with Crippen molar-refractivity contribution in [2.75, 3.05) is 17.3 Å². The first-order valence-electron chi connectivity index (χ1n) is 13.4. The van der Waals surface area contributed by atoms with E-state index >= 15 is 0 Å². The SMILES string of the molecule is CCc1nn(CCS(C)(=O)=O)cc1Cc1ncc(-c2ccc(CC(=O)Nc3cc(C4(C(F)(F)F)CC4)on3)c(F)c2)cn1. The molecule has 0 bridgehead atoms. The second-order valence-corrected chi connectivity index (χ2v) is 12.9. The van der Waals surface area contributed by atoms with Crippen molar-refractivity contribution in [3.05, 3.63) is 77.1 Å². The number of carbonyl (C=O) groups is 1. The molecule has 43 heavy (non-hydrogen) atoms. The Morgan fingerprint density at radius 1 is 1.12 bits per heavy atom. The molecule has 0 spiro atoms. The predicted molar refractivity (Wildman–Crippen MR) is 147 cm³/mol. The zero-order chi connectivity index (χ0) is 31.0. The number of hydrogen-bond acceptors (Lipinski definition) is 8. The Bertz CT molecular complexity index is 1750. The summed E-state index contributed by atoms with van der Waals surface area (Å²) in [6.07, 6.45) is 2.05. The molecule has 0 aliphatic heterocycles. The van der Waals surface area contributed by atoms with Crippen molar-refractivity contribution in [2.24, 2.45) is 0 Å². The fraction of sp³-hybridized carbons (Fsp3) is 0.393. The molecule has 0 unspecified atom stereocenters. The number of benzene rings is 1. The Morgan fingerprint density at radius 3 is 2.44 bits per heavy atom. The predicted octanol–water partition coefficient (Wildman–Crippen LogP) is 4.44. The lowest BCUT2D eigenvalue weighted by atomic mass is 10.0. The Balaban J connectivity index is 1.20. The van der Waals surface area contributed by atoms with Crippen LogP contribution < -0.4 is 5.32 Å². The second kappa shape index (κ2) is 11.5. The third-order valence-corrected chi connectivity index (χ3v) is 8.21. The molecule has 228 valence electrons. The van der Waals surface area contributed by atoms with Crippen LogP contribution >= 0.6 is 0 Å². The summed E-state index contributed by atoms with van der Waals surface area (Å²) in [4.78, 5) is 21.2. The first kappa shape index (κ1) is 30.3. The number of halogens is 4. The van der Waals surface area contributed by atoms with Gasteiger partial charge in [-0.3, -0.25) is 9.48 Å². The van der Waals surface area contributed by atoms with Crippen molar-refractivity contribution in [1.82, 2.24) is 24.9 Å². The fourth-order valence-electron chi connectivity index (χ4n) is 4.67. The average Bonchev–Trinajstić information content (AvgIpc) is 3.49. The number of alkyl halides is 3. The zero-order valence-corrected chi connectivity index (χ0v) is 24.1. The average molecular weight is 621 g/mol. The van der Waals surface area contributed by atoms with Crippen molar-refractivity contribution in [3.63, 3.8) is 0 Å². The van der Waals surface area contributed by atoms with Gasteiger partial charge in [0.1, 0.15) is 26.9 Å². The van der Waals surface area contributed by atoms with Gasteiger partial charge in [-0.1, -0.05) is 24.2 Å². The Hall–Kier alpha value is -4.14. The van der Waals surface area contributed by atoms with Crippen molar-refractivity contribution >= 4 is 21.6 Å². The number of nitrogens with zero attached hydrogens (tertiary/aromatic N) is 5. The molecule has 1 amide bonds. The molecule has 0 saturated heterocycles. The zero-order valence-electron chi connectivity index (χ0n) is 23.3. The van der Waals surface area contributed by atoms with Gasteiger partial charge in [0.2, 0.25) is 5.91 Å². The standard InChI is InChI=1S/C28H28F4N6O4S/c1-3-22-19(16-38(36-22)8-9-43(2,40)41)11-24-33-14-20(15-34-24)17-4-5-18(21(29)10-17)12-26(39)35-25-13-23(42-37-25)27(6-7-27)28(30,31)32/h4-5,10,13-16H,3,6-9,11-12H2,1-2H3,(H,35,37,39). The van der Waals surface area contributed by atoms with Crippen LogP contribution in [0.4, 0.5) is 23.4 Å². The van der Waals surface area contributed by atoms with Gasteiger partial charge < -0.3 is 9.84 Å². The summed E-state index contributed by atoms with van der Waals surface area (Å²) in [6, 6.07) is 5.35. The van der Waals surface area contributed by atoms with Gasteiger partial charge in [0, 0.05) is 48.5 Å². The maximum absolute atomic E-state index is 14.9. The number of sulfone groups is 1. The monoisotopic (exact) mass is 620 g/mol.